The topological polar surface area (TPSA) is 49.3 Å². The van der Waals surface area contributed by atoms with E-state index in [1.807, 2.05) is 7.05 Å². The maximum Gasteiger partial charge on any atom is 0.256 e. The van der Waals surface area contributed by atoms with Crippen LogP contribution >= 0.6 is 0 Å². The van der Waals surface area contributed by atoms with Crippen LogP contribution < -0.4 is 0 Å². The van der Waals surface area contributed by atoms with E-state index < -0.39 is 0 Å². The second kappa shape index (κ2) is 6.61. The van der Waals surface area contributed by atoms with Crippen LogP contribution in [-0.2, 0) is 0 Å². The van der Waals surface area contributed by atoms with Crippen molar-refractivity contribution in [2.24, 2.45) is 5.92 Å². The molecule has 1 aromatic rings. The lowest BCUT2D eigenvalue weighted by atomic mass is 9.97. The SMILES string of the molecule is CCN1CCCC(CN(C)C(=O)c2cncnc2)C1. The first-order chi connectivity index (χ1) is 9.20. The van der Waals surface area contributed by atoms with Gasteiger partial charge in [-0.2, -0.15) is 0 Å². The van der Waals surface area contributed by atoms with Gasteiger partial charge in [0.25, 0.3) is 5.91 Å². The molecule has 2 rings (SSSR count). The lowest BCUT2D eigenvalue weighted by Gasteiger charge is -2.34. The van der Waals surface area contributed by atoms with E-state index in [2.05, 4.69) is 21.8 Å². The summed E-state index contributed by atoms with van der Waals surface area (Å²) < 4.78 is 0. The van der Waals surface area contributed by atoms with Gasteiger partial charge in [0.05, 0.1) is 5.56 Å². The van der Waals surface area contributed by atoms with E-state index in [-0.39, 0.29) is 5.91 Å². The van der Waals surface area contributed by atoms with Crippen LogP contribution in [0.1, 0.15) is 30.1 Å². The average molecular weight is 262 g/mol. The molecular weight excluding hydrogens is 240 g/mol. The molecule has 1 saturated heterocycles. The van der Waals surface area contributed by atoms with Crippen LogP contribution in [0, 0.1) is 5.92 Å². The Kier molecular flexibility index (Phi) is 4.85. The highest BCUT2D eigenvalue weighted by molar-refractivity contribution is 5.93. The Morgan fingerprint density at radius 2 is 2.21 bits per heavy atom. The normalized spacial score (nSPS) is 20.2. The summed E-state index contributed by atoms with van der Waals surface area (Å²) in [4.78, 5) is 24.2. The van der Waals surface area contributed by atoms with Crippen molar-refractivity contribution < 1.29 is 4.79 Å². The molecule has 19 heavy (non-hydrogen) atoms. The maximum atomic E-state index is 12.2. The fraction of sp³-hybridized carbons (Fsp3) is 0.643. The van der Waals surface area contributed by atoms with Gasteiger partial charge in [0, 0.05) is 32.5 Å². The number of amides is 1. The van der Waals surface area contributed by atoms with Crippen molar-refractivity contribution in [2.45, 2.75) is 19.8 Å². The number of nitrogens with zero attached hydrogens (tertiary/aromatic N) is 4. The molecule has 0 saturated carbocycles. The van der Waals surface area contributed by atoms with Gasteiger partial charge in [0.15, 0.2) is 0 Å². The Balaban J connectivity index is 1.90. The Morgan fingerprint density at radius 3 is 2.89 bits per heavy atom. The van der Waals surface area contributed by atoms with E-state index >= 15 is 0 Å². The molecule has 0 N–H and O–H groups in total. The van der Waals surface area contributed by atoms with Gasteiger partial charge in [-0.05, 0) is 31.8 Å². The minimum absolute atomic E-state index is 0.00854. The van der Waals surface area contributed by atoms with Crippen molar-refractivity contribution >= 4 is 5.91 Å². The quantitative estimate of drug-likeness (QED) is 0.820. The molecule has 1 fully saturated rings. The number of carbonyl (C=O) groups excluding carboxylic acids is 1. The third-order valence-corrected chi connectivity index (χ3v) is 3.74. The number of hydrogen-bond donors (Lipinski definition) is 0. The van der Waals surface area contributed by atoms with Crippen molar-refractivity contribution in [1.29, 1.82) is 0 Å². The van der Waals surface area contributed by atoms with Gasteiger partial charge in [0.2, 0.25) is 0 Å². The number of hydrogen-bond acceptors (Lipinski definition) is 4. The predicted molar refractivity (Wildman–Crippen MR) is 73.8 cm³/mol. The molecule has 104 valence electrons. The average Bonchev–Trinajstić information content (AvgIpc) is 2.47. The highest BCUT2D eigenvalue weighted by Crippen LogP contribution is 2.17. The summed E-state index contributed by atoms with van der Waals surface area (Å²) in [6, 6.07) is 0. The monoisotopic (exact) mass is 262 g/mol. The van der Waals surface area contributed by atoms with E-state index in [9.17, 15) is 4.79 Å². The van der Waals surface area contributed by atoms with Crippen molar-refractivity contribution in [2.75, 3.05) is 33.2 Å². The summed E-state index contributed by atoms with van der Waals surface area (Å²) in [6.07, 6.45) is 7.03. The summed E-state index contributed by atoms with van der Waals surface area (Å²) in [5.41, 5.74) is 0.563. The lowest BCUT2D eigenvalue weighted by Crippen LogP contribution is -2.41. The number of aromatic nitrogens is 2. The van der Waals surface area contributed by atoms with Crippen LogP contribution in [0.4, 0.5) is 0 Å². The Bertz CT molecular complexity index is 409. The third kappa shape index (κ3) is 3.73. The number of rotatable bonds is 4. The molecule has 5 heteroatoms. The zero-order valence-corrected chi connectivity index (χ0v) is 11.7. The first-order valence-electron chi connectivity index (χ1n) is 6.93. The number of carbonyl (C=O) groups is 1. The van der Waals surface area contributed by atoms with E-state index in [1.165, 1.54) is 25.7 Å². The van der Waals surface area contributed by atoms with Crippen LogP contribution in [-0.4, -0.2) is 58.9 Å². The van der Waals surface area contributed by atoms with Gasteiger partial charge in [-0.3, -0.25) is 4.79 Å². The molecule has 1 aliphatic heterocycles. The molecule has 0 radical (unpaired) electrons. The van der Waals surface area contributed by atoms with Crippen LogP contribution in [0.15, 0.2) is 18.7 Å². The molecule has 1 atom stereocenters. The van der Waals surface area contributed by atoms with Crippen molar-refractivity contribution in [1.82, 2.24) is 19.8 Å². The standard InChI is InChI=1S/C14H22N4O/c1-3-18-6-4-5-12(10-18)9-17(2)14(19)13-7-15-11-16-8-13/h7-8,11-12H,3-6,9-10H2,1-2H3. The first kappa shape index (κ1) is 13.9. The highest BCUT2D eigenvalue weighted by Gasteiger charge is 2.22. The fourth-order valence-corrected chi connectivity index (χ4v) is 2.69. The largest absolute Gasteiger partial charge is 0.341 e. The van der Waals surface area contributed by atoms with Gasteiger partial charge >= 0.3 is 0 Å². The second-order valence-corrected chi connectivity index (χ2v) is 5.21. The zero-order chi connectivity index (χ0) is 13.7. The highest BCUT2D eigenvalue weighted by atomic mass is 16.2. The first-order valence-corrected chi connectivity index (χ1v) is 6.93. The second-order valence-electron chi connectivity index (χ2n) is 5.21. The van der Waals surface area contributed by atoms with E-state index in [1.54, 1.807) is 17.3 Å². The van der Waals surface area contributed by atoms with E-state index in [4.69, 9.17) is 0 Å². The van der Waals surface area contributed by atoms with Gasteiger partial charge in [0.1, 0.15) is 6.33 Å². The summed E-state index contributed by atoms with van der Waals surface area (Å²) >= 11 is 0. The Hall–Kier alpha value is -1.49. The maximum absolute atomic E-state index is 12.2. The molecule has 0 bridgehead atoms. The molecule has 1 aliphatic rings. The van der Waals surface area contributed by atoms with Crippen LogP contribution in [0.25, 0.3) is 0 Å². The minimum atomic E-state index is 0.00854. The Labute approximate surface area is 114 Å². The molecule has 0 aliphatic carbocycles. The van der Waals surface area contributed by atoms with Crippen LogP contribution in [0.5, 0.6) is 0 Å². The predicted octanol–water partition coefficient (Wildman–Crippen LogP) is 1.28. The Morgan fingerprint density at radius 1 is 1.47 bits per heavy atom. The third-order valence-electron chi connectivity index (χ3n) is 3.74. The molecule has 0 spiro atoms. The smallest absolute Gasteiger partial charge is 0.256 e. The van der Waals surface area contributed by atoms with Crippen LogP contribution in [0.2, 0.25) is 0 Å². The van der Waals surface area contributed by atoms with Gasteiger partial charge < -0.3 is 9.80 Å². The molecular formula is C14H22N4O. The molecule has 1 unspecified atom stereocenters. The number of likely N-dealkylation sites (tertiary alicyclic amines) is 1. The fourth-order valence-electron chi connectivity index (χ4n) is 2.69. The molecule has 1 aromatic heterocycles. The van der Waals surface area contributed by atoms with Gasteiger partial charge in [-0.1, -0.05) is 6.92 Å². The van der Waals surface area contributed by atoms with Gasteiger partial charge in [-0.15, -0.1) is 0 Å². The van der Waals surface area contributed by atoms with Crippen molar-refractivity contribution in [3.8, 4) is 0 Å². The van der Waals surface area contributed by atoms with Gasteiger partial charge in [-0.25, -0.2) is 9.97 Å². The summed E-state index contributed by atoms with van der Waals surface area (Å²) in [5.74, 6) is 0.585. The molecule has 1 amide bonds. The number of piperidine rings is 1. The summed E-state index contributed by atoms with van der Waals surface area (Å²) in [7, 11) is 1.86. The molecule has 0 aromatic carbocycles. The zero-order valence-electron chi connectivity index (χ0n) is 11.7. The molecule has 2 heterocycles. The van der Waals surface area contributed by atoms with E-state index in [0.717, 1.165) is 19.6 Å². The van der Waals surface area contributed by atoms with Crippen molar-refractivity contribution in [3.05, 3.63) is 24.3 Å². The van der Waals surface area contributed by atoms with Crippen molar-refractivity contribution in [3.63, 3.8) is 0 Å². The summed E-state index contributed by atoms with van der Waals surface area (Å²) in [5, 5.41) is 0. The summed E-state index contributed by atoms with van der Waals surface area (Å²) in [6.45, 7) is 6.39. The minimum Gasteiger partial charge on any atom is -0.341 e. The lowest BCUT2D eigenvalue weighted by molar-refractivity contribution is 0.0732. The van der Waals surface area contributed by atoms with Crippen LogP contribution in [0.3, 0.4) is 0 Å². The molecule has 5 nitrogen and oxygen atoms in total. The van der Waals surface area contributed by atoms with E-state index in [0.29, 0.717) is 11.5 Å².